The molecule has 3 amide bonds. The van der Waals surface area contributed by atoms with E-state index in [9.17, 15) is 14.4 Å². The molecular formula is C23H24N2O5S. The minimum absolute atomic E-state index is 0.234. The standard InChI is InChI=1S/C23H24N2O5S/c1-4-29-18-11-8-16(19(13-18)30-5-2)12-20-22(27)25(23(28)31-20)14-21(26)24-17-9-6-15(3)7-10-17/h6-13H,4-5,14H2,1-3H3,(H,24,26). The minimum atomic E-state index is -0.509. The van der Waals surface area contributed by atoms with Crippen LogP contribution in [0, 0.1) is 6.92 Å². The number of carbonyl (C=O) groups is 3. The molecule has 1 heterocycles. The molecule has 1 N–H and O–H groups in total. The van der Waals surface area contributed by atoms with Crippen LogP contribution in [0.25, 0.3) is 6.08 Å². The summed E-state index contributed by atoms with van der Waals surface area (Å²) in [5.74, 6) is 0.259. The number of rotatable bonds is 8. The zero-order valence-corrected chi connectivity index (χ0v) is 18.5. The van der Waals surface area contributed by atoms with Crippen molar-refractivity contribution in [3.63, 3.8) is 0 Å². The van der Waals surface area contributed by atoms with Gasteiger partial charge in [-0.1, -0.05) is 17.7 Å². The molecule has 0 aliphatic carbocycles. The van der Waals surface area contributed by atoms with Crippen molar-refractivity contribution in [2.75, 3.05) is 25.1 Å². The molecule has 7 nitrogen and oxygen atoms in total. The lowest BCUT2D eigenvalue weighted by Crippen LogP contribution is -2.36. The number of hydrogen-bond acceptors (Lipinski definition) is 6. The van der Waals surface area contributed by atoms with Gasteiger partial charge in [0.05, 0.1) is 18.1 Å². The van der Waals surface area contributed by atoms with Gasteiger partial charge >= 0.3 is 0 Å². The molecule has 1 aliphatic rings. The van der Waals surface area contributed by atoms with Crippen LogP contribution in [0.1, 0.15) is 25.0 Å². The molecule has 162 valence electrons. The zero-order chi connectivity index (χ0) is 22.4. The maximum absolute atomic E-state index is 12.8. The molecular weight excluding hydrogens is 416 g/mol. The number of aryl methyl sites for hydroxylation is 1. The molecule has 8 heteroatoms. The number of imide groups is 1. The number of nitrogens with zero attached hydrogens (tertiary/aromatic N) is 1. The van der Waals surface area contributed by atoms with Crippen LogP contribution in [0.5, 0.6) is 11.5 Å². The van der Waals surface area contributed by atoms with E-state index in [1.165, 1.54) is 0 Å². The number of carbonyl (C=O) groups excluding carboxylic acids is 3. The van der Waals surface area contributed by atoms with Gasteiger partial charge in [0.15, 0.2) is 0 Å². The fraction of sp³-hybridized carbons (Fsp3) is 0.261. The predicted molar refractivity (Wildman–Crippen MR) is 121 cm³/mol. The van der Waals surface area contributed by atoms with Gasteiger partial charge in [-0.3, -0.25) is 19.3 Å². The van der Waals surface area contributed by atoms with Gasteiger partial charge < -0.3 is 14.8 Å². The molecule has 1 aliphatic heterocycles. The van der Waals surface area contributed by atoms with Crippen LogP contribution < -0.4 is 14.8 Å². The second-order valence-corrected chi connectivity index (χ2v) is 7.74. The first-order valence-electron chi connectivity index (χ1n) is 9.92. The average molecular weight is 441 g/mol. The maximum atomic E-state index is 12.8. The Labute approximate surface area is 185 Å². The van der Waals surface area contributed by atoms with E-state index >= 15 is 0 Å². The summed E-state index contributed by atoms with van der Waals surface area (Å²) in [7, 11) is 0. The van der Waals surface area contributed by atoms with E-state index in [2.05, 4.69) is 5.32 Å². The molecule has 1 fully saturated rings. The highest BCUT2D eigenvalue weighted by molar-refractivity contribution is 8.18. The molecule has 0 radical (unpaired) electrons. The molecule has 0 atom stereocenters. The highest BCUT2D eigenvalue weighted by atomic mass is 32.2. The quantitative estimate of drug-likeness (QED) is 0.610. The van der Waals surface area contributed by atoms with Crippen LogP contribution in [0.2, 0.25) is 0 Å². The van der Waals surface area contributed by atoms with E-state index in [-0.39, 0.29) is 11.4 Å². The van der Waals surface area contributed by atoms with Crippen molar-refractivity contribution in [3.8, 4) is 11.5 Å². The molecule has 0 spiro atoms. The minimum Gasteiger partial charge on any atom is -0.494 e. The van der Waals surface area contributed by atoms with Gasteiger partial charge in [-0.25, -0.2) is 0 Å². The number of amides is 3. The monoisotopic (exact) mass is 440 g/mol. The fourth-order valence-corrected chi connectivity index (χ4v) is 3.76. The number of ether oxygens (including phenoxy) is 2. The summed E-state index contributed by atoms with van der Waals surface area (Å²) in [6, 6.07) is 12.6. The normalized spacial score (nSPS) is 14.8. The molecule has 1 saturated heterocycles. The van der Waals surface area contributed by atoms with Crippen LogP contribution in [0.15, 0.2) is 47.4 Å². The Morgan fingerprint density at radius 1 is 1.06 bits per heavy atom. The molecule has 0 saturated carbocycles. The Bertz CT molecular complexity index is 1020. The number of anilines is 1. The summed E-state index contributed by atoms with van der Waals surface area (Å²) in [4.78, 5) is 38.6. The predicted octanol–water partition coefficient (Wildman–Crippen LogP) is 4.47. The van der Waals surface area contributed by atoms with Crippen molar-refractivity contribution < 1.29 is 23.9 Å². The van der Waals surface area contributed by atoms with E-state index in [0.29, 0.717) is 36.0 Å². The lowest BCUT2D eigenvalue weighted by Gasteiger charge is -2.13. The van der Waals surface area contributed by atoms with Crippen LogP contribution >= 0.6 is 11.8 Å². The van der Waals surface area contributed by atoms with Crippen molar-refractivity contribution in [1.82, 2.24) is 4.90 Å². The number of hydrogen-bond donors (Lipinski definition) is 1. The third kappa shape index (κ3) is 5.67. The first kappa shape index (κ1) is 22.4. The number of nitrogens with one attached hydrogen (secondary N) is 1. The Kier molecular flexibility index (Phi) is 7.36. The van der Waals surface area contributed by atoms with E-state index in [4.69, 9.17) is 9.47 Å². The summed E-state index contributed by atoms with van der Waals surface area (Å²) in [6.45, 7) is 6.31. The van der Waals surface area contributed by atoms with Gasteiger partial charge in [-0.15, -0.1) is 0 Å². The lowest BCUT2D eigenvalue weighted by atomic mass is 10.1. The molecule has 0 bridgehead atoms. The SMILES string of the molecule is CCOc1ccc(C=C2SC(=O)N(CC(=O)Nc3ccc(C)cc3)C2=O)c(OCC)c1. The van der Waals surface area contributed by atoms with Crippen LogP contribution in [0.4, 0.5) is 10.5 Å². The lowest BCUT2D eigenvalue weighted by molar-refractivity contribution is -0.127. The number of thioether (sulfide) groups is 1. The zero-order valence-electron chi connectivity index (χ0n) is 17.6. The molecule has 31 heavy (non-hydrogen) atoms. The van der Waals surface area contributed by atoms with Crippen molar-refractivity contribution in [2.24, 2.45) is 0 Å². The van der Waals surface area contributed by atoms with Gasteiger partial charge in [0.2, 0.25) is 5.91 Å². The molecule has 2 aromatic rings. The van der Waals surface area contributed by atoms with E-state index in [1.807, 2.05) is 32.9 Å². The maximum Gasteiger partial charge on any atom is 0.294 e. The first-order valence-corrected chi connectivity index (χ1v) is 10.7. The van der Waals surface area contributed by atoms with Gasteiger partial charge in [0.1, 0.15) is 18.0 Å². The highest BCUT2D eigenvalue weighted by Gasteiger charge is 2.36. The average Bonchev–Trinajstić information content (AvgIpc) is 2.99. The third-order valence-corrected chi connectivity index (χ3v) is 5.30. The van der Waals surface area contributed by atoms with Crippen molar-refractivity contribution >= 4 is 40.6 Å². The van der Waals surface area contributed by atoms with Gasteiger partial charge in [-0.2, -0.15) is 0 Å². The molecule has 0 unspecified atom stereocenters. The van der Waals surface area contributed by atoms with Crippen LogP contribution in [-0.4, -0.2) is 41.7 Å². The second-order valence-electron chi connectivity index (χ2n) is 6.75. The van der Waals surface area contributed by atoms with Crippen LogP contribution in [-0.2, 0) is 9.59 Å². The third-order valence-electron chi connectivity index (χ3n) is 4.39. The largest absolute Gasteiger partial charge is 0.494 e. The topological polar surface area (TPSA) is 84.9 Å². The summed E-state index contributed by atoms with van der Waals surface area (Å²) in [5.41, 5.74) is 2.32. The van der Waals surface area contributed by atoms with Crippen molar-refractivity contribution in [2.45, 2.75) is 20.8 Å². The van der Waals surface area contributed by atoms with Gasteiger partial charge in [0.25, 0.3) is 11.1 Å². The summed E-state index contributed by atoms with van der Waals surface area (Å²) in [5, 5.41) is 2.21. The van der Waals surface area contributed by atoms with Crippen molar-refractivity contribution in [3.05, 3.63) is 58.5 Å². The smallest absolute Gasteiger partial charge is 0.294 e. The first-order chi connectivity index (χ1) is 14.9. The van der Waals surface area contributed by atoms with Gasteiger partial charge in [0, 0.05) is 17.3 Å². The highest BCUT2D eigenvalue weighted by Crippen LogP contribution is 2.35. The van der Waals surface area contributed by atoms with E-state index < -0.39 is 17.1 Å². The second kappa shape index (κ2) is 10.2. The van der Waals surface area contributed by atoms with E-state index in [1.54, 1.807) is 36.4 Å². The molecule has 2 aromatic carbocycles. The summed E-state index contributed by atoms with van der Waals surface area (Å²) < 4.78 is 11.1. The molecule has 0 aromatic heterocycles. The summed E-state index contributed by atoms with van der Waals surface area (Å²) in [6.07, 6.45) is 1.60. The Morgan fingerprint density at radius 3 is 2.45 bits per heavy atom. The number of benzene rings is 2. The summed E-state index contributed by atoms with van der Waals surface area (Å²) >= 11 is 0.800. The Morgan fingerprint density at radius 2 is 1.77 bits per heavy atom. The van der Waals surface area contributed by atoms with Crippen LogP contribution in [0.3, 0.4) is 0 Å². The Hall–Kier alpha value is -3.26. The fourth-order valence-electron chi connectivity index (χ4n) is 2.93. The Balaban J connectivity index is 1.74. The van der Waals surface area contributed by atoms with Gasteiger partial charge in [-0.05, 0) is 62.9 Å². The molecule has 3 rings (SSSR count). The van der Waals surface area contributed by atoms with E-state index in [0.717, 1.165) is 22.2 Å². The van der Waals surface area contributed by atoms with Crippen molar-refractivity contribution in [1.29, 1.82) is 0 Å².